The molecule has 2 heterocycles. The number of carbonyl (C=O) groups excluding carboxylic acids is 2. The summed E-state index contributed by atoms with van der Waals surface area (Å²) < 4.78 is 86.9. The van der Waals surface area contributed by atoms with Crippen molar-refractivity contribution in [2.24, 2.45) is 5.73 Å². The molecular weight excluding hydrogens is 651 g/mol. The van der Waals surface area contributed by atoms with Gasteiger partial charge in [0.1, 0.15) is 18.8 Å². The van der Waals surface area contributed by atoms with Crippen molar-refractivity contribution >= 4 is 35.0 Å². The average Bonchev–Trinajstić information content (AvgIpc) is 3.34. The van der Waals surface area contributed by atoms with E-state index in [0.717, 1.165) is 0 Å². The van der Waals surface area contributed by atoms with E-state index in [1.807, 2.05) is 0 Å². The molecule has 0 aliphatic heterocycles. The first-order valence-corrected chi connectivity index (χ1v) is 13.8. The lowest BCUT2D eigenvalue weighted by atomic mass is 9.86. The molecule has 45 heavy (non-hydrogen) atoms. The zero-order chi connectivity index (χ0) is 32.8. The van der Waals surface area contributed by atoms with Gasteiger partial charge in [-0.25, -0.2) is 4.68 Å². The minimum absolute atomic E-state index is 0.0464. The molecule has 0 fully saturated rings. The summed E-state index contributed by atoms with van der Waals surface area (Å²) in [5.41, 5.74) is 7.46. The minimum Gasteiger partial charge on any atom is -0.496 e. The van der Waals surface area contributed by atoms with Crippen LogP contribution < -0.4 is 10.5 Å². The second kappa shape index (κ2) is 11.9. The van der Waals surface area contributed by atoms with Crippen molar-refractivity contribution in [1.82, 2.24) is 19.7 Å². The van der Waals surface area contributed by atoms with E-state index < -0.39 is 43.0 Å². The summed E-state index contributed by atoms with van der Waals surface area (Å²) in [4.78, 5) is 29.0. The molecule has 0 saturated heterocycles. The Morgan fingerprint density at radius 2 is 1.58 bits per heavy atom. The fraction of sp³-hybridized carbons (Fsp3) is 0.241. The summed E-state index contributed by atoms with van der Waals surface area (Å²) in [5, 5.41) is 4.59. The van der Waals surface area contributed by atoms with E-state index in [-0.39, 0.29) is 50.3 Å². The first-order valence-electron chi connectivity index (χ1n) is 13.0. The molecule has 0 saturated carbocycles. The third kappa shape index (κ3) is 6.86. The number of rotatable bonds is 7. The number of alkyl halides is 6. The highest BCUT2D eigenvalue weighted by Gasteiger charge is 2.42. The molecule has 2 aromatic heterocycles. The fourth-order valence-electron chi connectivity index (χ4n) is 5.19. The van der Waals surface area contributed by atoms with Gasteiger partial charge in [0.15, 0.2) is 5.69 Å². The van der Waals surface area contributed by atoms with Crippen LogP contribution in [0.2, 0.25) is 10.0 Å². The number of amides is 2. The molecule has 8 nitrogen and oxygen atoms in total. The largest absolute Gasteiger partial charge is 0.496 e. The van der Waals surface area contributed by atoms with Crippen molar-refractivity contribution in [2.75, 3.05) is 20.2 Å². The summed E-state index contributed by atoms with van der Waals surface area (Å²) >= 11 is 12.4. The molecule has 1 aliphatic rings. The lowest BCUT2D eigenvalue weighted by Crippen LogP contribution is -2.44. The number of benzene rings is 2. The van der Waals surface area contributed by atoms with Gasteiger partial charge in [-0.3, -0.25) is 14.6 Å². The Hall–Kier alpha value is -4.30. The number of halogens is 8. The van der Waals surface area contributed by atoms with Crippen LogP contribution >= 0.6 is 23.2 Å². The number of ether oxygens (including phenoxy) is 1. The van der Waals surface area contributed by atoms with Crippen LogP contribution in [0.3, 0.4) is 0 Å². The number of primary amides is 1. The van der Waals surface area contributed by atoms with Crippen LogP contribution in [0.4, 0.5) is 26.3 Å². The Bertz CT molecular complexity index is 1790. The van der Waals surface area contributed by atoms with Crippen LogP contribution in [0.5, 0.6) is 5.75 Å². The molecule has 16 heteroatoms. The Morgan fingerprint density at radius 1 is 0.933 bits per heavy atom. The van der Waals surface area contributed by atoms with Gasteiger partial charge in [0.2, 0.25) is 5.91 Å². The second-order valence-electron chi connectivity index (χ2n) is 10.1. The number of nitrogens with two attached hydrogens (primary N) is 1. The Kier molecular flexibility index (Phi) is 8.49. The van der Waals surface area contributed by atoms with E-state index in [0.29, 0.717) is 28.0 Å². The molecule has 0 atom stereocenters. The molecule has 2 amide bonds. The van der Waals surface area contributed by atoms with Gasteiger partial charge in [-0.15, -0.1) is 0 Å². The number of hydrogen-bond acceptors (Lipinski definition) is 5. The third-order valence-electron chi connectivity index (χ3n) is 6.96. The first kappa shape index (κ1) is 32.1. The quantitative estimate of drug-likeness (QED) is 0.221. The molecule has 4 aromatic rings. The van der Waals surface area contributed by atoms with Gasteiger partial charge in [0, 0.05) is 44.7 Å². The lowest BCUT2D eigenvalue weighted by molar-refractivity contribution is -0.171. The fourth-order valence-corrected chi connectivity index (χ4v) is 5.71. The van der Waals surface area contributed by atoms with Gasteiger partial charge in [-0.2, -0.15) is 31.4 Å². The van der Waals surface area contributed by atoms with Gasteiger partial charge >= 0.3 is 12.4 Å². The van der Waals surface area contributed by atoms with Crippen molar-refractivity contribution in [3.05, 3.63) is 81.2 Å². The Balaban J connectivity index is 1.77. The van der Waals surface area contributed by atoms with Gasteiger partial charge in [-0.1, -0.05) is 23.2 Å². The van der Waals surface area contributed by atoms with Crippen LogP contribution in [0.1, 0.15) is 32.0 Å². The summed E-state index contributed by atoms with van der Waals surface area (Å²) in [6.45, 7) is -4.28. The minimum atomic E-state index is -5.12. The molecule has 1 aliphatic carbocycles. The molecule has 2 aromatic carbocycles. The van der Waals surface area contributed by atoms with E-state index >= 15 is 0 Å². The van der Waals surface area contributed by atoms with E-state index in [1.54, 1.807) is 12.1 Å². The number of hydrogen-bond donors (Lipinski definition) is 1. The smallest absolute Gasteiger partial charge is 0.406 e. The lowest BCUT2D eigenvalue weighted by Gasteiger charge is -2.25. The number of aromatic nitrogens is 3. The highest BCUT2D eigenvalue weighted by molar-refractivity contribution is 6.34. The zero-order valence-corrected chi connectivity index (χ0v) is 24.6. The molecular formula is C29H21Cl2F6N5O3. The SMILES string of the molecule is COc1cc2c(cc1-c1cncc(C(N)=O)c1)-c1c(c(C(=O)N(CC(F)(F)F)CC(F)(F)F)nn1-c1cc(Cl)cc(Cl)c1)CC2. The first-order chi connectivity index (χ1) is 21.0. The van der Waals surface area contributed by atoms with E-state index in [2.05, 4.69) is 10.1 Å². The number of fused-ring (bicyclic) bond motifs is 3. The molecule has 2 N–H and O–H groups in total. The molecule has 236 valence electrons. The maximum Gasteiger partial charge on any atom is 0.406 e. The number of carbonyl (C=O) groups is 2. The average molecular weight is 672 g/mol. The van der Waals surface area contributed by atoms with Crippen LogP contribution in [0.25, 0.3) is 28.1 Å². The summed E-state index contributed by atoms with van der Waals surface area (Å²) in [7, 11) is 1.43. The van der Waals surface area contributed by atoms with Crippen molar-refractivity contribution in [3.8, 4) is 33.8 Å². The van der Waals surface area contributed by atoms with Crippen molar-refractivity contribution < 1.29 is 40.7 Å². The maximum atomic E-state index is 13.5. The van der Waals surface area contributed by atoms with Crippen molar-refractivity contribution in [1.29, 1.82) is 0 Å². The molecule has 0 spiro atoms. The van der Waals surface area contributed by atoms with Gasteiger partial charge in [0.25, 0.3) is 5.91 Å². The van der Waals surface area contributed by atoms with Gasteiger partial charge in [-0.05, 0) is 54.8 Å². The topological polar surface area (TPSA) is 103 Å². The molecule has 0 unspecified atom stereocenters. The highest BCUT2D eigenvalue weighted by atomic mass is 35.5. The molecule has 5 rings (SSSR count). The van der Waals surface area contributed by atoms with E-state index in [9.17, 15) is 35.9 Å². The number of aryl methyl sites for hydroxylation is 1. The van der Waals surface area contributed by atoms with Crippen molar-refractivity contribution in [2.45, 2.75) is 25.2 Å². The maximum absolute atomic E-state index is 13.5. The van der Waals surface area contributed by atoms with E-state index in [1.165, 1.54) is 48.5 Å². The van der Waals surface area contributed by atoms with Gasteiger partial charge < -0.3 is 15.4 Å². The number of pyridine rings is 1. The van der Waals surface area contributed by atoms with Crippen LogP contribution in [-0.2, 0) is 12.8 Å². The van der Waals surface area contributed by atoms with Crippen LogP contribution in [0.15, 0.2) is 48.8 Å². The van der Waals surface area contributed by atoms with Crippen LogP contribution in [-0.4, -0.2) is 64.0 Å². The zero-order valence-electron chi connectivity index (χ0n) is 23.1. The van der Waals surface area contributed by atoms with Crippen LogP contribution in [0, 0.1) is 0 Å². The predicted octanol–water partition coefficient (Wildman–Crippen LogP) is 6.68. The molecule has 0 radical (unpaired) electrons. The number of methoxy groups -OCH3 is 1. The highest BCUT2D eigenvalue weighted by Crippen LogP contribution is 2.43. The predicted molar refractivity (Wildman–Crippen MR) is 153 cm³/mol. The van der Waals surface area contributed by atoms with Crippen molar-refractivity contribution in [3.63, 3.8) is 0 Å². The third-order valence-corrected chi connectivity index (χ3v) is 7.40. The van der Waals surface area contributed by atoms with Gasteiger partial charge in [0.05, 0.1) is 24.1 Å². The summed E-state index contributed by atoms with van der Waals surface area (Å²) in [6, 6.07) is 9.11. The Morgan fingerprint density at radius 3 is 2.16 bits per heavy atom. The number of nitrogens with zero attached hydrogens (tertiary/aromatic N) is 4. The Labute approximate surface area is 261 Å². The summed E-state index contributed by atoms with van der Waals surface area (Å²) in [6.07, 6.45) is -7.22. The normalized spacial score (nSPS) is 12.8. The molecule has 0 bridgehead atoms. The standard InChI is InChI=1S/C29H21Cl2F6N5O3/c1-45-23-5-14-2-3-20-24(27(44)41(12-28(32,33)34)13-29(35,36)37)40-42(19-7-17(30)6-18(31)8-19)25(20)22(14)9-21(23)15-4-16(26(38)43)11-39-10-15/h4-11H,2-3,12-13H2,1H3,(H2,38,43). The summed E-state index contributed by atoms with van der Waals surface area (Å²) in [5.74, 6) is -1.90. The monoisotopic (exact) mass is 671 g/mol. The second-order valence-corrected chi connectivity index (χ2v) is 11.0. The van der Waals surface area contributed by atoms with E-state index in [4.69, 9.17) is 33.7 Å².